The van der Waals surface area contributed by atoms with Gasteiger partial charge < -0.3 is 4.90 Å². The maximum Gasteiger partial charge on any atom is 0.257 e. The molecule has 1 fully saturated rings. The van der Waals surface area contributed by atoms with Crippen LogP contribution < -0.4 is 0 Å². The summed E-state index contributed by atoms with van der Waals surface area (Å²) in [5, 5.41) is 0.757. The van der Waals surface area contributed by atoms with Crippen LogP contribution in [0.3, 0.4) is 0 Å². The van der Waals surface area contributed by atoms with Crippen LogP contribution in [-0.4, -0.2) is 28.7 Å². The highest BCUT2D eigenvalue weighted by atomic mass is 79.9. The summed E-state index contributed by atoms with van der Waals surface area (Å²) >= 11 is 3.39. The fraction of sp³-hybridized carbons (Fsp3) is 0.417. The number of nitrogens with zero attached hydrogens (tertiary/aromatic N) is 1. The van der Waals surface area contributed by atoms with E-state index in [1.807, 2.05) is 0 Å². The van der Waals surface area contributed by atoms with Gasteiger partial charge in [-0.05, 0) is 25.0 Å². The Morgan fingerprint density at radius 2 is 2.25 bits per heavy atom. The largest absolute Gasteiger partial charge is 0.335 e. The van der Waals surface area contributed by atoms with E-state index in [0.29, 0.717) is 0 Å². The molecular formula is C12H13BrFNO. The summed E-state index contributed by atoms with van der Waals surface area (Å²) in [6.07, 6.45) is 1.99. The van der Waals surface area contributed by atoms with Crippen molar-refractivity contribution in [2.45, 2.75) is 18.9 Å². The van der Waals surface area contributed by atoms with E-state index in [2.05, 4.69) is 15.9 Å². The first-order valence-corrected chi connectivity index (χ1v) is 6.47. The van der Waals surface area contributed by atoms with Crippen LogP contribution in [0.1, 0.15) is 23.2 Å². The zero-order valence-corrected chi connectivity index (χ0v) is 10.4. The fourth-order valence-electron chi connectivity index (χ4n) is 2.05. The molecule has 1 saturated heterocycles. The smallest absolute Gasteiger partial charge is 0.257 e. The highest BCUT2D eigenvalue weighted by Gasteiger charge is 2.29. The van der Waals surface area contributed by atoms with E-state index in [1.165, 1.54) is 6.07 Å². The van der Waals surface area contributed by atoms with Gasteiger partial charge in [0, 0.05) is 17.9 Å². The van der Waals surface area contributed by atoms with Gasteiger partial charge in [0.15, 0.2) is 0 Å². The molecule has 0 saturated carbocycles. The highest BCUT2D eigenvalue weighted by Crippen LogP contribution is 2.22. The lowest BCUT2D eigenvalue weighted by molar-refractivity contribution is 0.0746. The minimum Gasteiger partial charge on any atom is -0.335 e. The van der Waals surface area contributed by atoms with Crippen molar-refractivity contribution in [3.8, 4) is 0 Å². The normalized spacial score (nSPS) is 20.1. The molecule has 0 aromatic heterocycles. The molecule has 4 heteroatoms. The van der Waals surface area contributed by atoms with Gasteiger partial charge in [-0.1, -0.05) is 28.1 Å². The number of benzene rings is 1. The van der Waals surface area contributed by atoms with Gasteiger partial charge >= 0.3 is 0 Å². The molecule has 1 aliphatic heterocycles. The van der Waals surface area contributed by atoms with E-state index in [1.54, 1.807) is 23.1 Å². The minimum atomic E-state index is -0.437. The Morgan fingerprint density at radius 3 is 2.94 bits per heavy atom. The Morgan fingerprint density at radius 1 is 1.50 bits per heavy atom. The molecule has 0 N–H and O–H groups in total. The molecule has 1 aromatic carbocycles. The van der Waals surface area contributed by atoms with Crippen molar-refractivity contribution in [3.63, 3.8) is 0 Å². The lowest BCUT2D eigenvalue weighted by Gasteiger charge is -2.23. The molecule has 1 atom stereocenters. The van der Waals surface area contributed by atoms with Crippen LogP contribution in [0.2, 0.25) is 0 Å². The summed E-state index contributed by atoms with van der Waals surface area (Å²) in [5.41, 5.74) is 0.176. The maximum absolute atomic E-state index is 13.5. The Kier molecular flexibility index (Phi) is 3.59. The molecule has 0 bridgehead atoms. The van der Waals surface area contributed by atoms with Crippen LogP contribution in [0.4, 0.5) is 4.39 Å². The van der Waals surface area contributed by atoms with Crippen LogP contribution in [0.15, 0.2) is 24.3 Å². The van der Waals surface area contributed by atoms with Gasteiger partial charge in [-0.15, -0.1) is 0 Å². The molecule has 0 radical (unpaired) electrons. The monoisotopic (exact) mass is 285 g/mol. The van der Waals surface area contributed by atoms with Gasteiger partial charge in [0.05, 0.1) is 5.56 Å². The summed E-state index contributed by atoms with van der Waals surface area (Å²) in [7, 11) is 0. The number of amides is 1. The van der Waals surface area contributed by atoms with Crippen molar-refractivity contribution in [3.05, 3.63) is 35.6 Å². The second-order valence-corrected chi connectivity index (χ2v) is 4.58. The SMILES string of the molecule is O=C(c1ccccc1F)N1CCCC1CBr. The summed E-state index contributed by atoms with van der Waals surface area (Å²) in [6, 6.07) is 6.36. The molecule has 1 unspecified atom stereocenters. The van der Waals surface area contributed by atoms with Gasteiger partial charge in [0.1, 0.15) is 5.82 Å². The van der Waals surface area contributed by atoms with Crippen LogP contribution in [-0.2, 0) is 0 Å². The molecule has 16 heavy (non-hydrogen) atoms. The van der Waals surface area contributed by atoms with E-state index < -0.39 is 5.82 Å². The van der Waals surface area contributed by atoms with Gasteiger partial charge in [-0.2, -0.15) is 0 Å². The molecule has 2 rings (SSSR count). The van der Waals surface area contributed by atoms with E-state index in [9.17, 15) is 9.18 Å². The average Bonchev–Trinajstić information content (AvgIpc) is 2.77. The Hall–Kier alpha value is -0.900. The van der Waals surface area contributed by atoms with Crippen molar-refractivity contribution in [2.24, 2.45) is 0 Å². The minimum absolute atomic E-state index is 0.176. The van der Waals surface area contributed by atoms with Crippen LogP contribution in [0.25, 0.3) is 0 Å². The zero-order valence-electron chi connectivity index (χ0n) is 8.83. The first kappa shape index (κ1) is 11.6. The molecule has 1 aliphatic rings. The average molecular weight is 286 g/mol. The molecule has 0 spiro atoms. The summed E-state index contributed by atoms with van der Waals surface area (Å²) in [6.45, 7) is 0.726. The second kappa shape index (κ2) is 4.95. The third-order valence-electron chi connectivity index (χ3n) is 2.92. The number of carbonyl (C=O) groups excluding carboxylic acids is 1. The topological polar surface area (TPSA) is 20.3 Å². The van der Waals surface area contributed by atoms with Crippen molar-refractivity contribution in [1.29, 1.82) is 0 Å². The predicted molar refractivity (Wildman–Crippen MR) is 64.3 cm³/mol. The summed E-state index contributed by atoms with van der Waals surface area (Å²) in [4.78, 5) is 13.9. The molecule has 1 heterocycles. The van der Waals surface area contributed by atoms with Crippen molar-refractivity contribution >= 4 is 21.8 Å². The quantitative estimate of drug-likeness (QED) is 0.766. The number of alkyl halides is 1. The van der Waals surface area contributed by atoms with E-state index >= 15 is 0 Å². The Labute approximate surface area is 103 Å². The fourth-order valence-corrected chi connectivity index (χ4v) is 2.73. The molecule has 1 amide bonds. The number of rotatable bonds is 2. The molecular weight excluding hydrogens is 273 g/mol. The van der Waals surface area contributed by atoms with Crippen LogP contribution in [0, 0.1) is 5.82 Å². The number of carbonyl (C=O) groups is 1. The lowest BCUT2D eigenvalue weighted by Crippen LogP contribution is -2.36. The third kappa shape index (κ3) is 2.12. The second-order valence-electron chi connectivity index (χ2n) is 3.93. The number of hydrogen-bond donors (Lipinski definition) is 0. The summed E-state index contributed by atoms with van der Waals surface area (Å²) < 4.78 is 13.5. The first-order valence-electron chi connectivity index (χ1n) is 5.35. The third-order valence-corrected chi connectivity index (χ3v) is 3.67. The summed E-state index contributed by atoms with van der Waals surface area (Å²) in [5.74, 6) is -0.632. The van der Waals surface area contributed by atoms with Crippen molar-refractivity contribution in [2.75, 3.05) is 11.9 Å². The Bertz CT molecular complexity index is 396. The van der Waals surface area contributed by atoms with Gasteiger partial charge in [-0.3, -0.25) is 4.79 Å². The Balaban J connectivity index is 2.22. The zero-order chi connectivity index (χ0) is 11.5. The number of likely N-dealkylation sites (tertiary alicyclic amines) is 1. The van der Waals surface area contributed by atoms with E-state index in [-0.39, 0.29) is 17.5 Å². The highest BCUT2D eigenvalue weighted by molar-refractivity contribution is 9.09. The van der Waals surface area contributed by atoms with Gasteiger partial charge in [0.2, 0.25) is 0 Å². The van der Waals surface area contributed by atoms with E-state index in [0.717, 1.165) is 24.7 Å². The van der Waals surface area contributed by atoms with E-state index in [4.69, 9.17) is 0 Å². The van der Waals surface area contributed by atoms with Crippen molar-refractivity contribution in [1.82, 2.24) is 4.90 Å². The molecule has 2 nitrogen and oxygen atoms in total. The molecule has 1 aromatic rings. The standard InChI is InChI=1S/C12H13BrFNO/c13-8-9-4-3-7-15(9)12(16)10-5-1-2-6-11(10)14/h1-2,5-6,9H,3-4,7-8H2. The number of halogens is 2. The van der Waals surface area contributed by atoms with Crippen molar-refractivity contribution < 1.29 is 9.18 Å². The predicted octanol–water partition coefficient (Wildman–Crippen LogP) is 2.83. The van der Waals surface area contributed by atoms with Gasteiger partial charge in [-0.25, -0.2) is 4.39 Å². The van der Waals surface area contributed by atoms with Gasteiger partial charge in [0.25, 0.3) is 5.91 Å². The molecule has 86 valence electrons. The van der Waals surface area contributed by atoms with Crippen LogP contribution >= 0.6 is 15.9 Å². The first-order chi connectivity index (χ1) is 7.74. The number of hydrogen-bond acceptors (Lipinski definition) is 1. The lowest BCUT2D eigenvalue weighted by atomic mass is 10.1. The molecule has 0 aliphatic carbocycles. The maximum atomic E-state index is 13.5. The van der Waals surface area contributed by atoms with Crippen LogP contribution in [0.5, 0.6) is 0 Å².